The molecule has 2 fully saturated rings. The number of esters is 2. The molecular formula is C48H91NO4S2. The Kier molecular flexibility index (Phi) is 34.9. The van der Waals surface area contributed by atoms with E-state index in [1.165, 1.54) is 191 Å². The molecule has 5 nitrogen and oxygen atoms in total. The van der Waals surface area contributed by atoms with Gasteiger partial charge in [0.1, 0.15) is 12.2 Å². The number of unbranched alkanes of at least 4 members (excludes halogenated alkanes) is 14. The molecule has 0 radical (unpaired) electrons. The zero-order chi connectivity index (χ0) is 39.3. The zero-order valence-electron chi connectivity index (χ0n) is 36.5. The Morgan fingerprint density at radius 3 is 1.31 bits per heavy atom. The smallest absolute Gasteiger partial charge is 0.306 e. The number of nitrogens with one attached hydrogen (secondary N) is 1. The molecule has 0 aromatic heterocycles. The lowest BCUT2D eigenvalue weighted by molar-refractivity contribution is -0.149. The largest absolute Gasteiger partial charge is 0.461 e. The summed E-state index contributed by atoms with van der Waals surface area (Å²) >= 11 is 4.01. The van der Waals surface area contributed by atoms with Crippen molar-refractivity contribution >= 4 is 35.5 Å². The molecule has 2 atom stereocenters. The first-order valence-corrected chi connectivity index (χ1v) is 26.7. The van der Waals surface area contributed by atoms with Gasteiger partial charge in [0.2, 0.25) is 0 Å². The Morgan fingerprint density at radius 1 is 0.509 bits per heavy atom. The van der Waals surface area contributed by atoms with Gasteiger partial charge in [-0.2, -0.15) is 23.5 Å². The minimum absolute atomic E-state index is 0.0548. The second kappa shape index (κ2) is 37.8. The normalized spacial score (nSPS) is 16.6. The monoisotopic (exact) mass is 810 g/mol. The van der Waals surface area contributed by atoms with Crippen molar-refractivity contribution in [2.24, 2.45) is 11.8 Å². The number of carbonyl (C=O) groups is 2. The van der Waals surface area contributed by atoms with Crippen LogP contribution in [0.4, 0.5) is 0 Å². The second-order valence-electron chi connectivity index (χ2n) is 17.4. The number of hydrogen-bond acceptors (Lipinski definition) is 7. The predicted octanol–water partition coefficient (Wildman–Crippen LogP) is 14.4. The molecule has 0 heterocycles. The summed E-state index contributed by atoms with van der Waals surface area (Å²) in [4.78, 5) is 25.3. The van der Waals surface area contributed by atoms with Crippen LogP contribution in [0.2, 0.25) is 0 Å². The number of rotatable bonds is 38. The van der Waals surface area contributed by atoms with E-state index >= 15 is 0 Å². The minimum Gasteiger partial charge on any atom is -0.461 e. The Bertz CT molecular complexity index is 795. The fourth-order valence-electron chi connectivity index (χ4n) is 8.56. The van der Waals surface area contributed by atoms with Crippen LogP contribution in [0, 0.1) is 11.8 Å². The molecule has 55 heavy (non-hydrogen) atoms. The van der Waals surface area contributed by atoms with E-state index < -0.39 is 0 Å². The molecule has 2 unspecified atom stereocenters. The quantitative estimate of drug-likeness (QED) is 0.0492. The standard InChI is InChI=1S/C48H91NO4S2/c1-3-5-7-21-31-45(52-47(50)35-33-43-27-17-15-18-28-43)41-54-39-25-13-9-11-23-37-49-38-24-12-10-14-26-40-55-42-46(32-22-8-6-4-2)53-48(51)36-34-44-29-19-16-20-30-44/h43-46,49H,3-42H2,1-2H3. The summed E-state index contributed by atoms with van der Waals surface area (Å²) in [5, 5.41) is 3.68. The average Bonchev–Trinajstić information content (AvgIpc) is 3.20. The van der Waals surface area contributed by atoms with Crippen LogP contribution in [0.15, 0.2) is 0 Å². The van der Waals surface area contributed by atoms with Gasteiger partial charge in [0.05, 0.1) is 0 Å². The Balaban J connectivity index is 1.39. The van der Waals surface area contributed by atoms with Gasteiger partial charge in [0, 0.05) is 24.3 Å². The molecule has 7 heteroatoms. The predicted molar refractivity (Wildman–Crippen MR) is 243 cm³/mol. The van der Waals surface area contributed by atoms with Crippen LogP contribution in [0.1, 0.15) is 232 Å². The number of ether oxygens (including phenoxy) is 2. The highest BCUT2D eigenvalue weighted by Gasteiger charge is 2.20. The first-order valence-electron chi connectivity index (χ1n) is 24.4. The average molecular weight is 810 g/mol. The van der Waals surface area contributed by atoms with Gasteiger partial charge in [-0.15, -0.1) is 0 Å². The van der Waals surface area contributed by atoms with Crippen molar-refractivity contribution in [1.29, 1.82) is 0 Å². The second-order valence-corrected chi connectivity index (χ2v) is 19.7. The van der Waals surface area contributed by atoms with Crippen LogP contribution >= 0.6 is 23.5 Å². The lowest BCUT2D eigenvalue weighted by atomic mass is 9.86. The van der Waals surface area contributed by atoms with Crippen molar-refractivity contribution in [3.8, 4) is 0 Å². The van der Waals surface area contributed by atoms with Crippen LogP contribution in [-0.4, -0.2) is 60.2 Å². The Hall–Kier alpha value is -0.400. The van der Waals surface area contributed by atoms with Gasteiger partial charge in [-0.1, -0.05) is 155 Å². The molecule has 1 N–H and O–H groups in total. The van der Waals surface area contributed by atoms with Crippen molar-refractivity contribution in [2.45, 2.75) is 244 Å². The third-order valence-electron chi connectivity index (χ3n) is 12.2. The fourth-order valence-corrected chi connectivity index (χ4v) is 10.7. The SMILES string of the molecule is CCCCCCC(CSCCCCCCCNCCCCCCCSCC(CCCCCC)OC(=O)CCC1CCCCC1)OC(=O)CCC1CCCCC1. The summed E-state index contributed by atoms with van der Waals surface area (Å²) in [6.07, 6.45) is 42.0. The molecule has 2 saturated carbocycles. The Labute approximate surface area is 350 Å². The fraction of sp³-hybridized carbons (Fsp3) is 0.958. The number of thioether (sulfide) groups is 2. The van der Waals surface area contributed by atoms with Gasteiger partial charge < -0.3 is 14.8 Å². The summed E-state index contributed by atoms with van der Waals surface area (Å²) in [7, 11) is 0. The van der Waals surface area contributed by atoms with E-state index in [4.69, 9.17) is 9.47 Å². The summed E-state index contributed by atoms with van der Waals surface area (Å²) in [5.74, 6) is 5.94. The molecule has 0 aliphatic heterocycles. The maximum absolute atomic E-state index is 12.6. The van der Waals surface area contributed by atoms with Gasteiger partial charge in [0.25, 0.3) is 0 Å². The van der Waals surface area contributed by atoms with Gasteiger partial charge in [-0.3, -0.25) is 9.59 Å². The number of carbonyl (C=O) groups excluding carboxylic acids is 2. The van der Waals surface area contributed by atoms with Gasteiger partial charge in [-0.25, -0.2) is 0 Å². The van der Waals surface area contributed by atoms with E-state index in [-0.39, 0.29) is 24.1 Å². The topological polar surface area (TPSA) is 64.6 Å². The van der Waals surface area contributed by atoms with Crippen molar-refractivity contribution in [3.63, 3.8) is 0 Å². The van der Waals surface area contributed by atoms with Crippen molar-refractivity contribution in [2.75, 3.05) is 36.1 Å². The molecule has 2 aliphatic rings. The van der Waals surface area contributed by atoms with Gasteiger partial charge in [-0.05, 0) is 101 Å². The van der Waals surface area contributed by atoms with E-state index in [1.807, 2.05) is 23.5 Å². The maximum atomic E-state index is 12.6. The van der Waals surface area contributed by atoms with Crippen LogP contribution in [0.25, 0.3) is 0 Å². The van der Waals surface area contributed by atoms with Gasteiger partial charge >= 0.3 is 11.9 Å². The third-order valence-corrected chi connectivity index (χ3v) is 14.6. The molecular weight excluding hydrogens is 719 g/mol. The molecule has 0 spiro atoms. The number of hydrogen-bond donors (Lipinski definition) is 1. The maximum Gasteiger partial charge on any atom is 0.306 e. The van der Waals surface area contributed by atoms with Crippen LogP contribution in [-0.2, 0) is 19.1 Å². The molecule has 2 rings (SSSR count). The van der Waals surface area contributed by atoms with Crippen molar-refractivity contribution in [1.82, 2.24) is 5.32 Å². The molecule has 0 aromatic rings. The van der Waals surface area contributed by atoms with Crippen LogP contribution in [0.3, 0.4) is 0 Å². The molecule has 0 amide bonds. The highest BCUT2D eigenvalue weighted by atomic mass is 32.2. The Morgan fingerprint density at radius 2 is 0.891 bits per heavy atom. The summed E-state index contributed by atoms with van der Waals surface area (Å²) < 4.78 is 12.1. The summed E-state index contributed by atoms with van der Waals surface area (Å²) in [6, 6.07) is 0. The molecule has 2 aliphatic carbocycles. The van der Waals surface area contributed by atoms with Crippen molar-refractivity contribution in [3.05, 3.63) is 0 Å². The van der Waals surface area contributed by atoms with E-state index in [0.29, 0.717) is 12.8 Å². The minimum atomic E-state index is 0.0548. The van der Waals surface area contributed by atoms with Gasteiger partial charge in [0.15, 0.2) is 0 Å². The summed E-state index contributed by atoms with van der Waals surface area (Å²) in [5.41, 5.74) is 0. The van der Waals surface area contributed by atoms with E-state index in [9.17, 15) is 9.59 Å². The highest BCUT2D eigenvalue weighted by molar-refractivity contribution is 7.99. The van der Waals surface area contributed by atoms with Crippen molar-refractivity contribution < 1.29 is 19.1 Å². The zero-order valence-corrected chi connectivity index (χ0v) is 38.2. The third kappa shape index (κ3) is 31.2. The molecule has 0 bridgehead atoms. The lowest BCUT2D eigenvalue weighted by Crippen LogP contribution is -2.21. The first kappa shape index (κ1) is 50.7. The van der Waals surface area contributed by atoms with E-state index in [2.05, 4.69) is 19.2 Å². The van der Waals surface area contributed by atoms with Crippen LogP contribution < -0.4 is 5.32 Å². The van der Waals surface area contributed by atoms with E-state index in [1.54, 1.807) is 0 Å². The van der Waals surface area contributed by atoms with Crippen LogP contribution in [0.5, 0.6) is 0 Å². The molecule has 0 saturated heterocycles. The summed E-state index contributed by atoms with van der Waals surface area (Å²) in [6.45, 7) is 6.82. The van der Waals surface area contributed by atoms with E-state index in [0.717, 1.165) is 62.1 Å². The first-order chi connectivity index (χ1) is 27.1. The molecule has 0 aromatic carbocycles. The highest BCUT2D eigenvalue weighted by Crippen LogP contribution is 2.29. The molecule has 324 valence electrons. The lowest BCUT2D eigenvalue weighted by Gasteiger charge is -2.22.